The van der Waals surface area contributed by atoms with Gasteiger partial charge in [0.15, 0.2) is 0 Å². The molecule has 0 unspecified atom stereocenters. The Balaban J connectivity index is 1.93. The second-order valence-electron chi connectivity index (χ2n) is 6.71. The van der Waals surface area contributed by atoms with Gasteiger partial charge >= 0.3 is 0 Å². The lowest BCUT2D eigenvalue weighted by Crippen LogP contribution is -2.10. The Morgan fingerprint density at radius 3 is 2.41 bits per heavy atom. The predicted molar refractivity (Wildman–Crippen MR) is 95.6 cm³/mol. The highest BCUT2D eigenvalue weighted by molar-refractivity contribution is 5.49. The van der Waals surface area contributed by atoms with Crippen molar-refractivity contribution in [3.8, 4) is 5.75 Å². The van der Waals surface area contributed by atoms with Crippen molar-refractivity contribution in [2.45, 2.75) is 85.5 Å². The van der Waals surface area contributed by atoms with Gasteiger partial charge in [-0.3, -0.25) is 0 Å². The van der Waals surface area contributed by atoms with E-state index in [2.05, 4.69) is 39.8 Å². The van der Waals surface area contributed by atoms with Crippen molar-refractivity contribution in [1.82, 2.24) is 0 Å². The highest BCUT2D eigenvalue weighted by atomic mass is 16.5. The van der Waals surface area contributed by atoms with Crippen LogP contribution in [0.4, 0.5) is 0 Å². The summed E-state index contributed by atoms with van der Waals surface area (Å²) < 4.78 is 6.15. The standard InChI is InChI=1S/C21H32O/c1-5-7-8-9-10-11-12-19-15-20-14-18(6-2)13-16(3)21(20)22-17(19)4/h13-14H,5-12,15H2,1-4H3. The first-order valence-electron chi connectivity index (χ1n) is 9.14. The van der Waals surface area contributed by atoms with E-state index in [0.717, 1.165) is 24.4 Å². The molecule has 1 aliphatic rings. The largest absolute Gasteiger partial charge is 0.461 e. The van der Waals surface area contributed by atoms with E-state index in [1.807, 2.05) is 0 Å². The highest BCUT2D eigenvalue weighted by Crippen LogP contribution is 2.35. The third-order valence-corrected chi connectivity index (χ3v) is 4.81. The summed E-state index contributed by atoms with van der Waals surface area (Å²) in [6.45, 7) is 8.81. The summed E-state index contributed by atoms with van der Waals surface area (Å²) in [5, 5.41) is 0. The minimum atomic E-state index is 1.09. The maximum atomic E-state index is 6.15. The molecule has 0 amide bonds. The minimum Gasteiger partial charge on any atom is -0.461 e. The molecule has 0 radical (unpaired) electrons. The summed E-state index contributed by atoms with van der Waals surface area (Å²) in [7, 11) is 0. The quantitative estimate of drug-likeness (QED) is 0.497. The first-order chi connectivity index (χ1) is 10.7. The van der Waals surface area contributed by atoms with Gasteiger partial charge in [-0.25, -0.2) is 0 Å². The van der Waals surface area contributed by atoms with Gasteiger partial charge in [-0.1, -0.05) is 58.1 Å². The van der Waals surface area contributed by atoms with Crippen LogP contribution < -0.4 is 4.74 Å². The zero-order valence-electron chi connectivity index (χ0n) is 14.9. The molecule has 1 aromatic rings. The first-order valence-corrected chi connectivity index (χ1v) is 9.14. The number of ether oxygens (including phenoxy) is 1. The van der Waals surface area contributed by atoms with Gasteiger partial charge in [0.1, 0.15) is 11.5 Å². The number of benzene rings is 1. The molecule has 22 heavy (non-hydrogen) atoms. The average Bonchev–Trinajstić information content (AvgIpc) is 2.51. The molecule has 122 valence electrons. The van der Waals surface area contributed by atoms with E-state index in [9.17, 15) is 0 Å². The summed E-state index contributed by atoms with van der Waals surface area (Å²) in [5.41, 5.74) is 5.62. The lowest BCUT2D eigenvalue weighted by atomic mass is 9.92. The maximum Gasteiger partial charge on any atom is 0.133 e. The van der Waals surface area contributed by atoms with Crippen LogP contribution in [0.5, 0.6) is 5.75 Å². The molecular formula is C21H32O. The molecule has 0 atom stereocenters. The lowest BCUT2D eigenvalue weighted by molar-refractivity contribution is 0.395. The van der Waals surface area contributed by atoms with E-state index in [1.165, 1.54) is 67.2 Å². The molecule has 0 bridgehead atoms. The van der Waals surface area contributed by atoms with Gasteiger partial charge in [-0.2, -0.15) is 0 Å². The molecule has 0 saturated heterocycles. The van der Waals surface area contributed by atoms with E-state index in [0.29, 0.717) is 0 Å². The van der Waals surface area contributed by atoms with E-state index >= 15 is 0 Å². The van der Waals surface area contributed by atoms with E-state index < -0.39 is 0 Å². The maximum absolute atomic E-state index is 6.15. The van der Waals surface area contributed by atoms with Gasteiger partial charge in [0.2, 0.25) is 0 Å². The topological polar surface area (TPSA) is 9.23 Å². The van der Waals surface area contributed by atoms with Crippen LogP contribution in [-0.4, -0.2) is 0 Å². The molecule has 1 aliphatic heterocycles. The monoisotopic (exact) mass is 300 g/mol. The van der Waals surface area contributed by atoms with Gasteiger partial charge in [0.25, 0.3) is 0 Å². The fraction of sp³-hybridized carbons (Fsp3) is 0.619. The van der Waals surface area contributed by atoms with Crippen LogP contribution in [0, 0.1) is 6.92 Å². The number of rotatable bonds is 8. The molecule has 1 nitrogen and oxygen atoms in total. The smallest absolute Gasteiger partial charge is 0.133 e. The van der Waals surface area contributed by atoms with Gasteiger partial charge in [-0.15, -0.1) is 0 Å². The van der Waals surface area contributed by atoms with Crippen LogP contribution in [0.15, 0.2) is 23.5 Å². The Labute approximate surface area is 136 Å². The fourth-order valence-corrected chi connectivity index (χ4v) is 3.37. The van der Waals surface area contributed by atoms with Crippen molar-refractivity contribution in [3.63, 3.8) is 0 Å². The van der Waals surface area contributed by atoms with Crippen molar-refractivity contribution in [2.75, 3.05) is 0 Å². The lowest BCUT2D eigenvalue weighted by Gasteiger charge is -2.24. The second-order valence-corrected chi connectivity index (χ2v) is 6.71. The molecule has 1 heteroatoms. The molecule has 2 rings (SSSR count). The van der Waals surface area contributed by atoms with Gasteiger partial charge in [0, 0.05) is 6.42 Å². The SMILES string of the molecule is CCCCCCCCC1=C(C)Oc2c(C)cc(CC)cc2C1. The van der Waals surface area contributed by atoms with Crippen LogP contribution in [-0.2, 0) is 12.8 Å². The van der Waals surface area contributed by atoms with Gasteiger partial charge in [0.05, 0.1) is 0 Å². The van der Waals surface area contributed by atoms with Crippen LogP contribution in [0.3, 0.4) is 0 Å². The summed E-state index contributed by atoms with van der Waals surface area (Å²) >= 11 is 0. The Hall–Kier alpha value is -1.24. The summed E-state index contributed by atoms with van der Waals surface area (Å²) in [4.78, 5) is 0. The van der Waals surface area contributed by atoms with Crippen molar-refractivity contribution in [1.29, 1.82) is 0 Å². The first kappa shape index (κ1) is 17.1. The average molecular weight is 300 g/mol. The number of allylic oxidation sites excluding steroid dienone is 2. The molecule has 0 spiro atoms. The summed E-state index contributed by atoms with van der Waals surface area (Å²) in [6, 6.07) is 4.61. The molecule has 0 N–H and O–H groups in total. The Bertz CT molecular complexity index is 525. The Kier molecular flexibility index (Phi) is 6.54. The molecular weight excluding hydrogens is 268 g/mol. The van der Waals surface area contributed by atoms with Gasteiger partial charge < -0.3 is 4.74 Å². The number of aryl methyl sites for hydroxylation is 2. The van der Waals surface area contributed by atoms with Crippen LogP contribution >= 0.6 is 0 Å². The van der Waals surface area contributed by atoms with Crippen molar-refractivity contribution < 1.29 is 4.74 Å². The Morgan fingerprint density at radius 2 is 1.68 bits per heavy atom. The molecule has 0 saturated carbocycles. The molecule has 0 aliphatic carbocycles. The predicted octanol–water partition coefficient (Wildman–Crippen LogP) is 6.52. The highest BCUT2D eigenvalue weighted by Gasteiger charge is 2.19. The fourth-order valence-electron chi connectivity index (χ4n) is 3.37. The summed E-state index contributed by atoms with van der Waals surface area (Å²) in [5.74, 6) is 2.26. The Morgan fingerprint density at radius 1 is 0.955 bits per heavy atom. The molecule has 1 aromatic carbocycles. The molecule has 1 heterocycles. The zero-order valence-corrected chi connectivity index (χ0v) is 14.9. The molecule has 0 fully saturated rings. The molecule has 0 aromatic heterocycles. The van der Waals surface area contributed by atoms with Crippen LogP contribution in [0.2, 0.25) is 0 Å². The minimum absolute atomic E-state index is 1.09. The number of hydrogen-bond acceptors (Lipinski definition) is 1. The van der Waals surface area contributed by atoms with E-state index in [1.54, 1.807) is 0 Å². The van der Waals surface area contributed by atoms with Gasteiger partial charge in [-0.05, 0) is 55.4 Å². The van der Waals surface area contributed by atoms with Crippen LogP contribution in [0.1, 0.15) is 82.4 Å². The van der Waals surface area contributed by atoms with Crippen molar-refractivity contribution >= 4 is 0 Å². The number of fused-ring (bicyclic) bond motifs is 1. The van der Waals surface area contributed by atoms with Crippen molar-refractivity contribution in [2.24, 2.45) is 0 Å². The van der Waals surface area contributed by atoms with Crippen molar-refractivity contribution in [3.05, 3.63) is 40.2 Å². The third-order valence-electron chi connectivity index (χ3n) is 4.81. The van der Waals surface area contributed by atoms with E-state index in [4.69, 9.17) is 4.74 Å². The van der Waals surface area contributed by atoms with E-state index in [-0.39, 0.29) is 0 Å². The summed E-state index contributed by atoms with van der Waals surface area (Å²) in [6.07, 6.45) is 11.6. The second kappa shape index (κ2) is 8.41. The number of hydrogen-bond donors (Lipinski definition) is 0. The normalized spacial score (nSPS) is 14.0. The van der Waals surface area contributed by atoms with Crippen LogP contribution in [0.25, 0.3) is 0 Å². The zero-order chi connectivity index (χ0) is 15.9. The third kappa shape index (κ3) is 4.38. The number of unbranched alkanes of at least 4 members (excludes halogenated alkanes) is 5.